The van der Waals surface area contributed by atoms with Gasteiger partial charge in [0.15, 0.2) is 0 Å². The summed E-state index contributed by atoms with van der Waals surface area (Å²) in [5.74, 6) is 0. The Bertz CT molecular complexity index is 246. The minimum Gasteiger partial charge on any atom is -0.241 e. The molecule has 0 spiro atoms. The number of aromatic nitrogens is 2. The molecule has 2 nitrogen and oxygen atoms in total. The van der Waals surface area contributed by atoms with Gasteiger partial charge in [0.1, 0.15) is 0 Å². The van der Waals surface area contributed by atoms with Gasteiger partial charge in [-0.3, -0.25) is 0 Å². The molecule has 0 saturated heterocycles. The molecule has 0 fully saturated rings. The number of nitrogens with zero attached hydrogens (tertiary/aromatic N) is 2. The Morgan fingerprint density at radius 2 is 2.08 bits per heavy atom. The van der Waals surface area contributed by atoms with Crippen LogP contribution in [0.4, 0.5) is 0 Å². The third-order valence-electron chi connectivity index (χ3n) is 1.56. The summed E-state index contributed by atoms with van der Waals surface area (Å²) >= 11 is 0. The van der Waals surface area contributed by atoms with Gasteiger partial charge in [-0.1, -0.05) is 33.9 Å². The maximum Gasteiger partial charge on any atom is 0.0658 e. The number of aryl methyl sites for hydroxylation is 1. The second kappa shape index (κ2) is 6.23. The van der Waals surface area contributed by atoms with Gasteiger partial charge in [0, 0.05) is 6.20 Å². The van der Waals surface area contributed by atoms with Crippen LogP contribution in [-0.2, 0) is 6.42 Å². The fraction of sp³-hybridized carbons (Fsp3) is 0.364. The average molecular weight is 178 g/mol. The summed E-state index contributed by atoms with van der Waals surface area (Å²) in [6.07, 6.45) is 4.39. The second-order valence-electron chi connectivity index (χ2n) is 2.25. The van der Waals surface area contributed by atoms with Crippen LogP contribution in [0.3, 0.4) is 0 Å². The molecule has 0 radical (unpaired) electrons. The van der Waals surface area contributed by atoms with Crippen molar-refractivity contribution in [2.45, 2.75) is 27.2 Å². The molecule has 0 atom stereocenters. The monoisotopic (exact) mass is 178 g/mol. The van der Waals surface area contributed by atoms with Crippen molar-refractivity contribution in [3.05, 3.63) is 30.6 Å². The molecule has 13 heavy (non-hydrogen) atoms. The molecule has 0 N–H and O–H groups in total. The predicted octanol–water partition coefficient (Wildman–Crippen LogP) is 3.22. The van der Waals surface area contributed by atoms with E-state index < -0.39 is 0 Å². The standard InChI is InChI=1S/C9H12N2.C2H6/c1-4-8-7-9(5-2)11(6-3)10-8;1-2/h5-7H,2-4H2,1H3;1-2H3. The van der Waals surface area contributed by atoms with Crippen LogP contribution in [0.2, 0.25) is 0 Å². The zero-order chi connectivity index (χ0) is 10.3. The normalized spacial score (nSPS) is 8.54. The molecule has 1 aromatic rings. The van der Waals surface area contributed by atoms with E-state index in [1.165, 1.54) is 0 Å². The molecule has 0 amide bonds. The first kappa shape index (κ1) is 11.7. The molecule has 0 bridgehead atoms. The highest BCUT2D eigenvalue weighted by Crippen LogP contribution is 2.06. The molecule has 72 valence electrons. The number of hydrogen-bond acceptors (Lipinski definition) is 1. The van der Waals surface area contributed by atoms with E-state index in [0.717, 1.165) is 17.8 Å². The minimum absolute atomic E-state index is 0.946. The van der Waals surface area contributed by atoms with Crippen LogP contribution in [-0.4, -0.2) is 9.78 Å². The summed E-state index contributed by atoms with van der Waals surface area (Å²) in [5, 5.41) is 4.25. The van der Waals surface area contributed by atoms with Gasteiger partial charge in [-0.25, -0.2) is 4.68 Å². The van der Waals surface area contributed by atoms with E-state index in [9.17, 15) is 0 Å². The fourth-order valence-electron chi connectivity index (χ4n) is 0.933. The van der Waals surface area contributed by atoms with E-state index in [-0.39, 0.29) is 0 Å². The van der Waals surface area contributed by atoms with E-state index in [4.69, 9.17) is 0 Å². The van der Waals surface area contributed by atoms with E-state index >= 15 is 0 Å². The van der Waals surface area contributed by atoms with Crippen molar-refractivity contribution < 1.29 is 0 Å². The summed E-state index contributed by atoms with van der Waals surface area (Å²) in [4.78, 5) is 0. The van der Waals surface area contributed by atoms with Crippen LogP contribution < -0.4 is 0 Å². The lowest BCUT2D eigenvalue weighted by Crippen LogP contribution is -1.90. The lowest BCUT2D eigenvalue weighted by molar-refractivity contribution is 0.877. The highest BCUT2D eigenvalue weighted by molar-refractivity contribution is 5.46. The first-order chi connectivity index (χ1) is 6.31. The Kier molecular flexibility index (Phi) is 5.60. The van der Waals surface area contributed by atoms with Gasteiger partial charge in [-0.2, -0.15) is 5.10 Å². The average Bonchev–Trinajstić information content (AvgIpc) is 2.63. The van der Waals surface area contributed by atoms with Gasteiger partial charge in [0.2, 0.25) is 0 Å². The molecule has 0 aliphatic rings. The third-order valence-corrected chi connectivity index (χ3v) is 1.56. The summed E-state index contributed by atoms with van der Waals surface area (Å²) in [7, 11) is 0. The number of hydrogen-bond donors (Lipinski definition) is 0. The molecule has 1 heterocycles. The summed E-state index contributed by atoms with van der Waals surface area (Å²) in [6, 6.07) is 2.01. The molecule has 0 aliphatic carbocycles. The molecular formula is C11H18N2. The van der Waals surface area contributed by atoms with Crippen molar-refractivity contribution in [3.8, 4) is 0 Å². The van der Waals surface area contributed by atoms with Crippen LogP contribution in [0.1, 0.15) is 32.2 Å². The predicted molar refractivity (Wildman–Crippen MR) is 59.4 cm³/mol. The van der Waals surface area contributed by atoms with Crippen LogP contribution in [0.5, 0.6) is 0 Å². The van der Waals surface area contributed by atoms with Crippen molar-refractivity contribution in [1.29, 1.82) is 0 Å². The lowest BCUT2D eigenvalue weighted by Gasteiger charge is -1.91. The Balaban J connectivity index is 0.000000671. The molecule has 1 aromatic heterocycles. The first-order valence-corrected chi connectivity index (χ1v) is 4.65. The highest BCUT2D eigenvalue weighted by Gasteiger charge is 1.99. The van der Waals surface area contributed by atoms with Crippen molar-refractivity contribution in [2.24, 2.45) is 0 Å². The molecule has 0 saturated carbocycles. The smallest absolute Gasteiger partial charge is 0.0658 e. The maximum absolute atomic E-state index is 4.25. The van der Waals surface area contributed by atoms with Gasteiger partial charge < -0.3 is 0 Å². The van der Waals surface area contributed by atoms with Crippen molar-refractivity contribution in [3.63, 3.8) is 0 Å². The van der Waals surface area contributed by atoms with Gasteiger partial charge in [0.05, 0.1) is 11.4 Å². The van der Waals surface area contributed by atoms with Gasteiger partial charge >= 0.3 is 0 Å². The molecule has 0 aliphatic heterocycles. The Morgan fingerprint density at radius 1 is 1.46 bits per heavy atom. The van der Waals surface area contributed by atoms with Crippen molar-refractivity contribution >= 4 is 12.3 Å². The second-order valence-corrected chi connectivity index (χ2v) is 2.25. The summed E-state index contributed by atoms with van der Waals surface area (Å²) < 4.78 is 1.73. The largest absolute Gasteiger partial charge is 0.241 e. The SMILES string of the molecule is C=Cc1cc(CC)nn1C=C.CC. The Morgan fingerprint density at radius 3 is 2.38 bits per heavy atom. The van der Waals surface area contributed by atoms with Gasteiger partial charge in [-0.05, 0) is 18.6 Å². The number of rotatable bonds is 3. The third kappa shape index (κ3) is 2.90. The fourth-order valence-corrected chi connectivity index (χ4v) is 0.933. The van der Waals surface area contributed by atoms with Crippen LogP contribution in [0.15, 0.2) is 19.2 Å². The van der Waals surface area contributed by atoms with Crippen molar-refractivity contribution in [1.82, 2.24) is 9.78 Å². The quantitative estimate of drug-likeness (QED) is 0.695. The van der Waals surface area contributed by atoms with Crippen LogP contribution in [0.25, 0.3) is 12.3 Å². The van der Waals surface area contributed by atoms with E-state index in [2.05, 4.69) is 25.2 Å². The van der Waals surface area contributed by atoms with E-state index in [1.54, 1.807) is 17.0 Å². The Labute approximate surface area is 80.6 Å². The molecule has 2 heteroatoms. The van der Waals surface area contributed by atoms with Crippen molar-refractivity contribution in [2.75, 3.05) is 0 Å². The molecule has 0 aromatic carbocycles. The molecule has 1 rings (SSSR count). The Hall–Kier alpha value is -1.31. The lowest BCUT2D eigenvalue weighted by atomic mass is 10.3. The molecule has 0 unspecified atom stereocenters. The van der Waals surface area contributed by atoms with Gasteiger partial charge in [-0.15, -0.1) is 0 Å². The molecular weight excluding hydrogens is 160 g/mol. The topological polar surface area (TPSA) is 17.8 Å². The summed E-state index contributed by atoms with van der Waals surface area (Å²) in [6.45, 7) is 13.4. The zero-order valence-corrected chi connectivity index (χ0v) is 8.75. The zero-order valence-electron chi connectivity index (χ0n) is 8.75. The van der Waals surface area contributed by atoms with E-state index in [1.807, 2.05) is 19.9 Å². The summed E-state index contributed by atoms with van der Waals surface area (Å²) in [5.41, 5.74) is 2.07. The van der Waals surface area contributed by atoms with E-state index in [0.29, 0.717) is 0 Å². The van der Waals surface area contributed by atoms with Gasteiger partial charge in [0.25, 0.3) is 0 Å². The van der Waals surface area contributed by atoms with Crippen LogP contribution in [0, 0.1) is 0 Å². The first-order valence-electron chi connectivity index (χ1n) is 4.65. The maximum atomic E-state index is 4.25. The minimum atomic E-state index is 0.946. The van der Waals surface area contributed by atoms with Crippen LogP contribution >= 0.6 is 0 Å². The highest BCUT2D eigenvalue weighted by atomic mass is 15.3.